The fourth-order valence-electron chi connectivity index (χ4n) is 1.34. The van der Waals surface area contributed by atoms with Crippen LogP contribution in [-0.2, 0) is 4.79 Å². The van der Waals surface area contributed by atoms with E-state index in [0.29, 0.717) is 21.6 Å². The maximum Gasteiger partial charge on any atom is 0.313 e. The topological polar surface area (TPSA) is 90.1 Å². The second kappa shape index (κ2) is 5.89. The summed E-state index contributed by atoms with van der Waals surface area (Å²) in [5.74, 6) is -0.518. The van der Waals surface area contributed by atoms with Crippen LogP contribution in [0, 0.1) is 0 Å². The SMILES string of the molecule is COc1ccc(-n2nnnc2SCC(=O)O)cc1Cl. The molecule has 0 aliphatic carbocycles. The summed E-state index contributed by atoms with van der Waals surface area (Å²) in [6.45, 7) is 0. The maximum absolute atomic E-state index is 10.5. The van der Waals surface area contributed by atoms with Crippen LogP contribution in [-0.4, -0.2) is 44.1 Å². The summed E-state index contributed by atoms with van der Waals surface area (Å²) in [4.78, 5) is 10.5. The first-order valence-corrected chi connectivity index (χ1v) is 6.45. The molecule has 7 nitrogen and oxygen atoms in total. The molecule has 0 unspecified atom stereocenters. The number of tetrazole rings is 1. The van der Waals surface area contributed by atoms with Crippen molar-refractivity contribution in [2.75, 3.05) is 12.9 Å². The van der Waals surface area contributed by atoms with E-state index in [4.69, 9.17) is 21.4 Å². The number of carboxylic acids is 1. The zero-order valence-electron chi connectivity index (χ0n) is 9.78. The molecule has 2 rings (SSSR count). The molecule has 1 heterocycles. The van der Waals surface area contributed by atoms with E-state index in [-0.39, 0.29) is 5.75 Å². The summed E-state index contributed by atoms with van der Waals surface area (Å²) in [5, 5.41) is 20.5. The van der Waals surface area contributed by atoms with E-state index in [1.807, 2.05) is 0 Å². The van der Waals surface area contributed by atoms with E-state index >= 15 is 0 Å². The summed E-state index contributed by atoms with van der Waals surface area (Å²) in [5.41, 5.74) is 0.628. The zero-order chi connectivity index (χ0) is 13.8. The highest BCUT2D eigenvalue weighted by Crippen LogP contribution is 2.27. The van der Waals surface area contributed by atoms with Crippen molar-refractivity contribution < 1.29 is 14.6 Å². The molecule has 1 aromatic heterocycles. The van der Waals surface area contributed by atoms with Gasteiger partial charge in [-0.05, 0) is 28.6 Å². The normalized spacial score (nSPS) is 10.4. The fourth-order valence-corrected chi connectivity index (χ4v) is 2.21. The van der Waals surface area contributed by atoms with E-state index in [0.717, 1.165) is 11.8 Å². The lowest BCUT2D eigenvalue weighted by Crippen LogP contribution is -2.03. The van der Waals surface area contributed by atoms with Crippen molar-refractivity contribution in [3.8, 4) is 11.4 Å². The van der Waals surface area contributed by atoms with Crippen LogP contribution in [0.25, 0.3) is 5.69 Å². The number of benzene rings is 1. The van der Waals surface area contributed by atoms with E-state index in [1.165, 1.54) is 11.8 Å². The van der Waals surface area contributed by atoms with Crippen LogP contribution in [0.15, 0.2) is 23.4 Å². The van der Waals surface area contributed by atoms with Gasteiger partial charge < -0.3 is 9.84 Å². The van der Waals surface area contributed by atoms with Crippen LogP contribution in [0.3, 0.4) is 0 Å². The number of carboxylic acid groups (broad SMARTS) is 1. The quantitative estimate of drug-likeness (QED) is 0.837. The van der Waals surface area contributed by atoms with Gasteiger partial charge in [-0.2, -0.15) is 4.68 Å². The fraction of sp³-hybridized carbons (Fsp3) is 0.200. The summed E-state index contributed by atoms with van der Waals surface area (Å²) in [6, 6.07) is 5.05. The van der Waals surface area contributed by atoms with Crippen LogP contribution < -0.4 is 4.74 Å². The van der Waals surface area contributed by atoms with Crippen molar-refractivity contribution in [3.05, 3.63) is 23.2 Å². The minimum Gasteiger partial charge on any atom is -0.495 e. The average molecular weight is 301 g/mol. The molecule has 0 atom stereocenters. The number of aromatic nitrogens is 4. The zero-order valence-corrected chi connectivity index (χ0v) is 11.4. The molecule has 0 aliphatic heterocycles. The lowest BCUT2D eigenvalue weighted by molar-refractivity contribution is -0.133. The van der Waals surface area contributed by atoms with E-state index in [9.17, 15) is 4.79 Å². The highest BCUT2D eigenvalue weighted by molar-refractivity contribution is 7.99. The number of hydrogen-bond donors (Lipinski definition) is 1. The first kappa shape index (κ1) is 13.6. The minimum absolute atomic E-state index is 0.121. The number of nitrogens with zero attached hydrogens (tertiary/aromatic N) is 4. The molecule has 1 N–H and O–H groups in total. The molecule has 0 bridgehead atoms. The molecule has 0 amide bonds. The molecular weight excluding hydrogens is 292 g/mol. The van der Waals surface area contributed by atoms with Gasteiger partial charge in [-0.1, -0.05) is 23.4 Å². The average Bonchev–Trinajstić information content (AvgIpc) is 2.84. The van der Waals surface area contributed by atoms with Crippen molar-refractivity contribution in [1.29, 1.82) is 0 Å². The molecule has 9 heteroatoms. The van der Waals surface area contributed by atoms with E-state index < -0.39 is 5.97 Å². The van der Waals surface area contributed by atoms with Gasteiger partial charge in [0, 0.05) is 0 Å². The van der Waals surface area contributed by atoms with Gasteiger partial charge in [0.05, 0.1) is 23.6 Å². The number of rotatable bonds is 5. The molecule has 0 fully saturated rings. The standard InChI is InChI=1S/C10H9ClN4O3S/c1-18-8-3-2-6(4-7(8)11)15-10(12-13-14-15)19-5-9(16)17/h2-4H,5H2,1H3,(H,16,17). The maximum atomic E-state index is 10.5. The van der Waals surface area contributed by atoms with Crippen LogP contribution in [0.4, 0.5) is 0 Å². The Morgan fingerprint density at radius 3 is 3.00 bits per heavy atom. The molecule has 2 aromatic rings. The second-order valence-corrected chi connectivity index (χ2v) is 4.72. The van der Waals surface area contributed by atoms with Crippen molar-refractivity contribution in [1.82, 2.24) is 20.2 Å². The Hall–Kier alpha value is -1.80. The summed E-state index contributed by atoms with van der Waals surface area (Å²) in [6.07, 6.45) is 0. The molecule has 100 valence electrons. The van der Waals surface area contributed by atoms with E-state index in [1.54, 1.807) is 18.2 Å². The molecule has 0 saturated heterocycles. The number of hydrogen-bond acceptors (Lipinski definition) is 6. The molecule has 0 spiro atoms. The van der Waals surface area contributed by atoms with Gasteiger partial charge in [0.2, 0.25) is 5.16 Å². The second-order valence-electron chi connectivity index (χ2n) is 3.37. The molecule has 0 aliphatic rings. The molecule has 1 aromatic carbocycles. The highest BCUT2D eigenvalue weighted by Gasteiger charge is 2.12. The van der Waals surface area contributed by atoms with Gasteiger partial charge in [0.25, 0.3) is 0 Å². The van der Waals surface area contributed by atoms with Gasteiger partial charge in [0.1, 0.15) is 5.75 Å². The number of ether oxygens (including phenoxy) is 1. The number of thioether (sulfide) groups is 1. The molecule has 0 radical (unpaired) electrons. The summed E-state index contributed by atoms with van der Waals surface area (Å²) < 4.78 is 6.47. The predicted octanol–water partition coefficient (Wildman–Crippen LogP) is 1.50. The lowest BCUT2D eigenvalue weighted by Gasteiger charge is -2.06. The third-order valence-corrected chi connectivity index (χ3v) is 3.35. The van der Waals surface area contributed by atoms with Crippen molar-refractivity contribution in [2.24, 2.45) is 0 Å². The Balaban J connectivity index is 2.29. The Morgan fingerprint density at radius 2 is 2.37 bits per heavy atom. The highest BCUT2D eigenvalue weighted by atomic mass is 35.5. The number of halogens is 1. The molecular formula is C10H9ClN4O3S. The van der Waals surface area contributed by atoms with Gasteiger partial charge in [-0.3, -0.25) is 4.79 Å². The monoisotopic (exact) mass is 300 g/mol. The number of carbonyl (C=O) groups is 1. The first-order chi connectivity index (χ1) is 9.11. The van der Waals surface area contributed by atoms with Crippen LogP contribution >= 0.6 is 23.4 Å². The van der Waals surface area contributed by atoms with Crippen molar-refractivity contribution >= 4 is 29.3 Å². The Morgan fingerprint density at radius 1 is 1.58 bits per heavy atom. The number of methoxy groups -OCH3 is 1. The lowest BCUT2D eigenvalue weighted by atomic mass is 10.3. The van der Waals surface area contributed by atoms with Crippen molar-refractivity contribution in [2.45, 2.75) is 5.16 Å². The first-order valence-electron chi connectivity index (χ1n) is 5.08. The van der Waals surface area contributed by atoms with Crippen LogP contribution in [0.2, 0.25) is 5.02 Å². The van der Waals surface area contributed by atoms with Gasteiger partial charge >= 0.3 is 5.97 Å². The summed E-state index contributed by atoms with van der Waals surface area (Å²) in [7, 11) is 1.52. The predicted molar refractivity (Wildman–Crippen MR) is 69.1 cm³/mol. The summed E-state index contributed by atoms with van der Waals surface area (Å²) >= 11 is 7.04. The third kappa shape index (κ3) is 3.15. The Kier molecular flexibility index (Phi) is 4.23. The third-order valence-electron chi connectivity index (χ3n) is 2.15. The molecule has 0 saturated carbocycles. The largest absolute Gasteiger partial charge is 0.495 e. The number of aliphatic carboxylic acids is 1. The van der Waals surface area contributed by atoms with Gasteiger partial charge in [-0.25, -0.2) is 0 Å². The van der Waals surface area contributed by atoms with Crippen LogP contribution in [0.5, 0.6) is 5.75 Å². The van der Waals surface area contributed by atoms with Gasteiger partial charge in [-0.15, -0.1) is 5.10 Å². The molecule has 19 heavy (non-hydrogen) atoms. The van der Waals surface area contributed by atoms with Gasteiger partial charge in [0.15, 0.2) is 0 Å². The van der Waals surface area contributed by atoms with Crippen LogP contribution in [0.1, 0.15) is 0 Å². The smallest absolute Gasteiger partial charge is 0.313 e. The van der Waals surface area contributed by atoms with Crippen molar-refractivity contribution in [3.63, 3.8) is 0 Å². The van der Waals surface area contributed by atoms with E-state index in [2.05, 4.69) is 15.5 Å². The Bertz CT molecular complexity index is 604. The Labute approximate surface area is 117 Å². The minimum atomic E-state index is -0.938.